The van der Waals surface area contributed by atoms with Crippen molar-refractivity contribution in [2.45, 2.75) is 24.9 Å². The van der Waals surface area contributed by atoms with E-state index in [0.29, 0.717) is 0 Å². The molecular formula is C13H14N2O. The summed E-state index contributed by atoms with van der Waals surface area (Å²) in [6.45, 7) is 0.939. The average molecular weight is 214 g/mol. The highest BCUT2D eigenvalue weighted by Gasteiger charge is 2.38. The van der Waals surface area contributed by atoms with Gasteiger partial charge in [-0.25, -0.2) is 0 Å². The van der Waals surface area contributed by atoms with Crippen LogP contribution in [0, 0.1) is 0 Å². The van der Waals surface area contributed by atoms with Crippen LogP contribution in [0.25, 0.3) is 5.57 Å². The molecule has 1 aromatic rings. The first-order valence-electron chi connectivity index (χ1n) is 5.76. The van der Waals surface area contributed by atoms with E-state index in [9.17, 15) is 4.79 Å². The summed E-state index contributed by atoms with van der Waals surface area (Å²) in [5.74, 6) is 0. The minimum atomic E-state index is -0.427. The molecular weight excluding hydrogens is 200 g/mol. The second-order valence-corrected chi connectivity index (χ2v) is 4.40. The lowest BCUT2D eigenvalue weighted by Crippen LogP contribution is -2.48. The van der Waals surface area contributed by atoms with Gasteiger partial charge in [-0.05, 0) is 31.9 Å². The van der Waals surface area contributed by atoms with E-state index in [4.69, 9.17) is 4.99 Å². The van der Waals surface area contributed by atoms with Crippen molar-refractivity contribution in [1.29, 1.82) is 0 Å². The van der Waals surface area contributed by atoms with Gasteiger partial charge in [-0.1, -0.05) is 18.2 Å². The Labute approximate surface area is 93.9 Å². The molecule has 0 aliphatic carbocycles. The first kappa shape index (κ1) is 9.73. The Morgan fingerprint density at radius 3 is 2.94 bits per heavy atom. The van der Waals surface area contributed by atoms with Crippen LogP contribution in [-0.4, -0.2) is 18.5 Å². The van der Waals surface area contributed by atoms with E-state index >= 15 is 0 Å². The Hall–Kier alpha value is -1.48. The summed E-state index contributed by atoms with van der Waals surface area (Å²) in [5, 5.41) is 5.34. The third-order valence-electron chi connectivity index (χ3n) is 3.45. The number of fused-ring (bicyclic) bond motifs is 1. The molecule has 2 aliphatic rings. The molecule has 1 saturated heterocycles. The van der Waals surface area contributed by atoms with Gasteiger partial charge >= 0.3 is 0 Å². The highest BCUT2D eigenvalue weighted by Crippen LogP contribution is 2.28. The molecule has 16 heavy (non-hydrogen) atoms. The standard InChI is InChI=1S/C13H14N2O/c16-9-11-10-5-1-2-6-12(10)15-13(11)7-3-4-8-14-13/h1-2,5-6,9,14H,3-4,7-8H2. The van der Waals surface area contributed by atoms with Crippen LogP contribution < -0.4 is 15.9 Å². The van der Waals surface area contributed by atoms with E-state index in [2.05, 4.69) is 5.32 Å². The van der Waals surface area contributed by atoms with Gasteiger partial charge in [0.05, 0.1) is 5.36 Å². The normalized spacial score (nSPS) is 27.6. The van der Waals surface area contributed by atoms with E-state index in [-0.39, 0.29) is 0 Å². The maximum absolute atomic E-state index is 11.3. The second kappa shape index (κ2) is 3.52. The van der Waals surface area contributed by atoms with E-state index in [0.717, 1.165) is 41.8 Å². The molecule has 1 atom stereocenters. The van der Waals surface area contributed by atoms with Gasteiger partial charge in [-0.15, -0.1) is 0 Å². The van der Waals surface area contributed by atoms with Gasteiger partial charge in [-0.3, -0.25) is 15.1 Å². The lowest BCUT2D eigenvalue weighted by Gasteiger charge is -2.32. The van der Waals surface area contributed by atoms with Gasteiger partial charge in [0.15, 0.2) is 6.29 Å². The molecule has 3 rings (SSSR count). The summed E-state index contributed by atoms with van der Waals surface area (Å²) in [6.07, 6.45) is 4.19. The van der Waals surface area contributed by atoms with Crippen molar-refractivity contribution in [2.24, 2.45) is 4.99 Å². The Balaban J connectivity index is 2.25. The minimum absolute atomic E-state index is 0.427. The zero-order chi connectivity index (χ0) is 11.0. The monoisotopic (exact) mass is 214 g/mol. The Bertz CT molecular complexity index is 541. The topological polar surface area (TPSA) is 41.5 Å². The lowest BCUT2D eigenvalue weighted by molar-refractivity contribution is -0.104. The molecule has 1 aromatic carbocycles. The van der Waals surface area contributed by atoms with Crippen molar-refractivity contribution >= 4 is 11.9 Å². The Morgan fingerprint density at radius 1 is 1.31 bits per heavy atom. The van der Waals surface area contributed by atoms with Crippen molar-refractivity contribution in [3.05, 3.63) is 34.8 Å². The SMILES string of the molecule is O=CC1=c2ccccc2=NC12CCCCN2. The number of piperidine rings is 1. The molecule has 3 nitrogen and oxygen atoms in total. The quantitative estimate of drug-likeness (QED) is 0.676. The molecule has 0 radical (unpaired) electrons. The van der Waals surface area contributed by atoms with Crippen molar-refractivity contribution in [3.63, 3.8) is 0 Å². The van der Waals surface area contributed by atoms with Gasteiger partial charge < -0.3 is 0 Å². The summed E-state index contributed by atoms with van der Waals surface area (Å²) in [7, 11) is 0. The molecule has 1 unspecified atom stereocenters. The molecule has 0 saturated carbocycles. The van der Waals surface area contributed by atoms with E-state index in [1.807, 2.05) is 24.3 Å². The van der Waals surface area contributed by atoms with Crippen molar-refractivity contribution in [3.8, 4) is 0 Å². The molecule has 3 heteroatoms. The summed E-state index contributed by atoms with van der Waals surface area (Å²) < 4.78 is 0. The van der Waals surface area contributed by atoms with Gasteiger partial charge in [0, 0.05) is 10.8 Å². The van der Waals surface area contributed by atoms with Crippen LogP contribution >= 0.6 is 0 Å². The van der Waals surface area contributed by atoms with Crippen LogP contribution in [-0.2, 0) is 4.79 Å². The fraction of sp³-hybridized carbons (Fsp3) is 0.385. The van der Waals surface area contributed by atoms with Gasteiger partial charge in [0.25, 0.3) is 0 Å². The number of hydrogen-bond acceptors (Lipinski definition) is 3. The summed E-state index contributed by atoms with van der Waals surface area (Å²) >= 11 is 0. The molecule has 1 N–H and O–H groups in total. The smallest absolute Gasteiger partial charge is 0.150 e. The predicted octanol–water partition coefficient (Wildman–Crippen LogP) is 0.139. The number of para-hydroxylation sites is 1. The first-order valence-corrected chi connectivity index (χ1v) is 5.76. The number of aldehydes is 1. The predicted molar refractivity (Wildman–Crippen MR) is 61.3 cm³/mol. The number of nitrogens with one attached hydrogen (secondary N) is 1. The molecule has 2 heterocycles. The molecule has 2 aliphatic heterocycles. The number of rotatable bonds is 1. The zero-order valence-electron chi connectivity index (χ0n) is 9.07. The van der Waals surface area contributed by atoms with Gasteiger partial charge in [0.1, 0.15) is 5.66 Å². The number of benzene rings is 1. The van der Waals surface area contributed by atoms with E-state index in [1.165, 1.54) is 6.42 Å². The van der Waals surface area contributed by atoms with Crippen LogP contribution in [0.1, 0.15) is 19.3 Å². The zero-order valence-corrected chi connectivity index (χ0v) is 9.07. The largest absolute Gasteiger partial charge is 0.298 e. The molecule has 1 fully saturated rings. The minimum Gasteiger partial charge on any atom is -0.298 e. The van der Waals surface area contributed by atoms with Crippen molar-refractivity contribution < 1.29 is 4.79 Å². The maximum Gasteiger partial charge on any atom is 0.150 e. The Kier molecular flexibility index (Phi) is 2.14. The summed E-state index contributed by atoms with van der Waals surface area (Å²) in [5.41, 5.74) is 0.381. The van der Waals surface area contributed by atoms with Crippen LogP contribution in [0.3, 0.4) is 0 Å². The number of carbonyl (C=O) groups excluding carboxylic acids is 1. The van der Waals surface area contributed by atoms with Crippen LogP contribution in [0.5, 0.6) is 0 Å². The van der Waals surface area contributed by atoms with Crippen molar-refractivity contribution in [1.82, 2.24) is 5.32 Å². The van der Waals surface area contributed by atoms with Crippen LogP contribution in [0.2, 0.25) is 0 Å². The molecule has 1 spiro atoms. The number of nitrogens with zero attached hydrogens (tertiary/aromatic N) is 1. The Morgan fingerprint density at radius 2 is 2.19 bits per heavy atom. The van der Waals surface area contributed by atoms with Crippen molar-refractivity contribution in [2.75, 3.05) is 6.54 Å². The summed E-state index contributed by atoms with van der Waals surface area (Å²) in [6, 6.07) is 7.88. The van der Waals surface area contributed by atoms with E-state index < -0.39 is 5.66 Å². The molecule has 82 valence electrons. The third-order valence-corrected chi connectivity index (χ3v) is 3.45. The maximum atomic E-state index is 11.3. The fourth-order valence-corrected chi connectivity index (χ4v) is 2.66. The van der Waals surface area contributed by atoms with Crippen LogP contribution in [0.15, 0.2) is 29.3 Å². The van der Waals surface area contributed by atoms with Gasteiger partial charge in [-0.2, -0.15) is 0 Å². The highest BCUT2D eigenvalue weighted by molar-refractivity contribution is 6.03. The number of carbonyl (C=O) groups is 1. The molecule has 0 aromatic heterocycles. The molecule has 0 amide bonds. The first-order chi connectivity index (χ1) is 7.86. The number of hydrogen-bond donors (Lipinski definition) is 1. The lowest BCUT2D eigenvalue weighted by atomic mass is 9.91. The third kappa shape index (κ3) is 1.25. The summed E-state index contributed by atoms with van der Waals surface area (Å²) in [4.78, 5) is 16.0. The highest BCUT2D eigenvalue weighted by atomic mass is 16.1. The van der Waals surface area contributed by atoms with E-state index in [1.54, 1.807) is 0 Å². The average Bonchev–Trinajstić information content (AvgIpc) is 2.62. The van der Waals surface area contributed by atoms with Gasteiger partial charge in [0.2, 0.25) is 0 Å². The molecule has 0 bridgehead atoms. The van der Waals surface area contributed by atoms with Crippen LogP contribution in [0.4, 0.5) is 0 Å². The second-order valence-electron chi connectivity index (χ2n) is 4.40. The fourth-order valence-electron chi connectivity index (χ4n) is 2.66.